The second kappa shape index (κ2) is 6.64. The van der Waals surface area contributed by atoms with Gasteiger partial charge in [0.15, 0.2) is 0 Å². The highest BCUT2D eigenvalue weighted by Gasteiger charge is 2.20. The van der Waals surface area contributed by atoms with Crippen LogP contribution in [0.25, 0.3) is 5.69 Å². The first-order valence-electron chi connectivity index (χ1n) is 7.89. The number of aromatic nitrogens is 2. The van der Waals surface area contributed by atoms with Crippen LogP contribution in [-0.2, 0) is 0 Å². The summed E-state index contributed by atoms with van der Waals surface area (Å²) in [4.78, 5) is 12.3. The van der Waals surface area contributed by atoms with E-state index in [1.165, 1.54) is 12.8 Å². The number of nitrogens with zero attached hydrogens (tertiary/aromatic N) is 2. The molecular formula is C17H22N4O. The Morgan fingerprint density at radius 2 is 2.14 bits per heavy atom. The number of urea groups is 1. The highest BCUT2D eigenvalue weighted by Crippen LogP contribution is 2.24. The van der Waals surface area contributed by atoms with E-state index in [9.17, 15) is 4.79 Å². The van der Waals surface area contributed by atoms with Crippen molar-refractivity contribution in [2.24, 2.45) is 5.92 Å². The summed E-state index contributed by atoms with van der Waals surface area (Å²) in [5.74, 6) is 0.690. The minimum atomic E-state index is -0.140. The fraction of sp³-hybridized carbons (Fsp3) is 0.412. The Morgan fingerprint density at radius 3 is 2.91 bits per heavy atom. The third kappa shape index (κ3) is 3.47. The Balaban J connectivity index is 1.67. The van der Waals surface area contributed by atoms with Crippen molar-refractivity contribution in [1.82, 2.24) is 15.1 Å². The first-order chi connectivity index (χ1) is 10.7. The average Bonchev–Trinajstić information content (AvgIpc) is 3.02. The van der Waals surface area contributed by atoms with Gasteiger partial charge >= 0.3 is 6.03 Å². The van der Waals surface area contributed by atoms with Gasteiger partial charge in [0, 0.05) is 18.4 Å². The number of carbonyl (C=O) groups excluding carboxylic acids is 1. The molecule has 2 amide bonds. The summed E-state index contributed by atoms with van der Waals surface area (Å²) in [6.07, 6.45) is 8.17. The molecule has 0 radical (unpaired) electrons. The summed E-state index contributed by atoms with van der Waals surface area (Å²) < 4.78 is 1.75. The van der Waals surface area contributed by atoms with E-state index in [1.54, 1.807) is 10.9 Å². The summed E-state index contributed by atoms with van der Waals surface area (Å²) in [5, 5.41) is 10.3. The highest BCUT2D eigenvalue weighted by atomic mass is 16.2. The number of carbonyl (C=O) groups is 1. The van der Waals surface area contributed by atoms with Crippen LogP contribution in [0.5, 0.6) is 0 Å². The fourth-order valence-electron chi connectivity index (χ4n) is 3.10. The van der Waals surface area contributed by atoms with E-state index >= 15 is 0 Å². The largest absolute Gasteiger partial charge is 0.335 e. The van der Waals surface area contributed by atoms with E-state index in [2.05, 4.69) is 22.7 Å². The first-order valence-corrected chi connectivity index (χ1v) is 7.89. The van der Waals surface area contributed by atoms with Gasteiger partial charge in [-0.05, 0) is 37.0 Å². The van der Waals surface area contributed by atoms with Crippen LogP contribution in [0.2, 0.25) is 0 Å². The van der Waals surface area contributed by atoms with Gasteiger partial charge in [0.05, 0.1) is 11.4 Å². The van der Waals surface area contributed by atoms with E-state index in [-0.39, 0.29) is 12.1 Å². The number of anilines is 1. The molecule has 1 aromatic heterocycles. The molecule has 1 aromatic carbocycles. The predicted octanol–water partition coefficient (Wildman–Crippen LogP) is 3.57. The number of benzene rings is 1. The maximum Gasteiger partial charge on any atom is 0.319 e. The Kier molecular flexibility index (Phi) is 4.42. The Morgan fingerprint density at radius 1 is 1.27 bits per heavy atom. The van der Waals surface area contributed by atoms with Crippen LogP contribution >= 0.6 is 0 Å². The van der Waals surface area contributed by atoms with Crippen LogP contribution in [0.3, 0.4) is 0 Å². The molecule has 0 bridgehead atoms. The summed E-state index contributed by atoms with van der Waals surface area (Å²) in [6, 6.07) is 9.67. The topological polar surface area (TPSA) is 59.0 Å². The molecule has 5 nitrogen and oxygen atoms in total. The zero-order valence-electron chi connectivity index (χ0n) is 12.8. The molecule has 0 aliphatic heterocycles. The number of para-hydroxylation sites is 2. The van der Waals surface area contributed by atoms with Crippen LogP contribution < -0.4 is 10.6 Å². The van der Waals surface area contributed by atoms with E-state index in [4.69, 9.17) is 0 Å². The number of rotatable bonds is 3. The molecule has 1 aliphatic carbocycles. The SMILES string of the molecule is C[C@H]1CCC[C@@H](NC(=O)Nc2ccccc2-n2cccn2)C1. The van der Waals surface area contributed by atoms with Crippen LogP contribution in [0.1, 0.15) is 32.6 Å². The Bertz CT molecular complexity index is 623. The maximum absolute atomic E-state index is 12.3. The van der Waals surface area contributed by atoms with Gasteiger partial charge in [-0.15, -0.1) is 0 Å². The molecule has 0 unspecified atom stereocenters. The maximum atomic E-state index is 12.3. The molecule has 2 aromatic rings. The van der Waals surface area contributed by atoms with Gasteiger partial charge in [0.1, 0.15) is 0 Å². The molecule has 2 N–H and O–H groups in total. The van der Waals surface area contributed by atoms with E-state index in [0.717, 1.165) is 24.2 Å². The summed E-state index contributed by atoms with van der Waals surface area (Å²) in [5.41, 5.74) is 1.62. The van der Waals surface area contributed by atoms with Crippen molar-refractivity contribution in [3.8, 4) is 5.69 Å². The van der Waals surface area contributed by atoms with Gasteiger partial charge in [0.25, 0.3) is 0 Å². The zero-order valence-corrected chi connectivity index (χ0v) is 12.8. The van der Waals surface area contributed by atoms with Crippen LogP contribution in [-0.4, -0.2) is 21.9 Å². The molecule has 0 saturated heterocycles. The highest BCUT2D eigenvalue weighted by molar-refractivity contribution is 5.91. The van der Waals surface area contributed by atoms with Crippen molar-refractivity contribution in [2.45, 2.75) is 38.6 Å². The van der Waals surface area contributed by atoms with Crippen LogP contribution in [0, 0.1) is 5.92 Å². The molecule has 1 saturated carbocycles. The number of hydrogen-bond donors (Lipinski definition) is 2. The van der Waals surface area contributed by atoms with Gasteiger partial charge in [-0.2, -0.15) is 5.10 Å². The lowest BCUT2D eigenvalue weighted by atomic mass is 9.87. The van der Waals surface area contributed by atoms with E-state index in [0.29, 0.717) is 5.92 Å². The molecule has 1 aliphatic rings. The second-order valence-electron chi connectivity index (χ2n) is 6.03. The third-order valence-electron chi connectivity index (χ3n) is 4.18. The van der Waals surface area contributed by atoms with Gasteiger partial charge in [0.2, 0.25) is 0 Å². The van der Waals surface area contributed by atoms with Gasteiger partial charge < -0.3 is 10.6 Å². The normalized spacial score (nSPS) is 21.3. The molecule has 2 atom stereocenters. The van der Waals surface area contributed by atoms with Gasteiger partial charge in [-0.25, -0.2) is 9.48 Å². The molecule has 3 rings (SSSR count). The standard InChI is InChI=1S/C17H22N4O/c1-13-6-4-7-14(12-13)19-17(22)20-15-8-2-3-9-16(15)21-11-5-10-18-21/h2-3,5,8-11,13-14H,4,6-7,12H2,1H3,(H2,19,20,22)/t13-,14+/m0/s1. The molecule has 116 valence electrons. The fourth-order valence-corrected chi connectivity index (χ4v) is 3.10. The summed E-state index contributed by atoms with van der Waals surface area (Å²) in [7, 11) is 0. The molecule has 5 heteroatoms. The lowest BCUT2D eigenvalue weighted by Crippen LogP contribution is -2.40. The number of nitrogens with one attached hydrogen (secondary N) is 2. The van der Waals surface area contributed by atoms with E-state index < -0.39 is 0 Å². The van der Waals surface area contributed by atoms with Crippen LogP contribution in [0.4, 0.5) is 10.5 Å². The second-order valence-corrected chi connectivity index (χ2v) is 6.03. The molecule has 1 heterocycles. The number of hydrogen-bond acceptors (Lipinski definition) is 2. The van der Waals surface area contributed by atoms with Crippen molar-refractivity contribution >= 4 is 11.7 Å². The third-order valence-corrected chi connectivity index (χ3v) is 4.18. The minimum absolute atomic E-state index is 0.140. The molecule has 22 heavy (non-hydrogen) atoms. The quantitative estimate of drug-likeness (QED) is 0.910. The zero-order chi connectivity index (χ0) is 15.4. The van der Waals surface area contributed by atoms with Crippen LogP contribution in [0.15, 0.2) is 42.7 Å². The lowest BCUT2D eigenvalue weighted by molar-refractivity contribution is 0.238. The first kappa shape index (κ1) is 14.6. The van der Waals surface area contributed by atoms with Crippen molar-refractivity contribution in [3.63, 3.8) is 0 Å². The number of amides is 2. The summed E-state index contributed by atoms with van der Waals surface area (Å²) >= 11 is 0. The lowest BCUT2D eigenvalue weighted by Gasteiger charge is -2.27. The molecule has 1 fully saturated rings. The van der Waals surface area contributed by atoms with Crippen molar-refractivity contribution in [1.29, 1.82) is 0 Å². The van der Waals surface area contributed by atoms with Crippen molar-refractivity contribution in [2.75, 3.05) is 5.32 Å². The Hall–Kier alpha value is -2.30. The van der Waals surface area contributed by atoms with Crippen molar-refractivity contribution < 1.29 is 4.79 Å². The predicted molar refractivity (Wildman–Crippen MR) is 87.1 cm³/mol. The monoisotopic (exact) mass is 298 g/mol. The van der Waals surface area contributed by atoms with E-state index in [1.807, 2.05) is 36.5 Å². The Labute approximate surface area is 130 Å². The minimum Gasteiger partial charge on any atom is -0.335 e. The smallest absolute Gasteiger partial charge is 0.319 e. The van der Waals surface area contributed by atoms with Gasteiger partial charge in [-0.1, -0.05) is 31.9 Å². The average molecular weight is 298 g/mol. The van der Waals surface area contributed by atoms with Gasteiger partial charge in [-0.3, -0.25) is 0 Å². The van der Waals surface area contributed by atoms with Crippen molar-refractivity contribution in [3.05, 3.63) is 42.7 Å². The summed E-state index contributed by atoms with van der Waals surface area (Å²) in [6.45, 7) is 2.25. The molecular weight excluding hydrogens is 276 g/mol. The molecule has 0 spiro atoms.